The van der Waals surface area contributed by atoms with E-state index in [9.17, 15) is 9.59 Å². The van der Waals surface area contributed by atoms with E-state index in [-0.39, 0.29) is 22.8 Å². The number of hydrogen-bond donors (Lipinski definition) is 1. The summed E-state index contributed by atoms with van der Waals surface area (Å²) in [7, 11) is 1.67. The lowest BCUT2D eigenvalue weighted by Crippen LogP contribution is -2.36. The van der Waals surface area contributed by atoms with Gasteiger partial charge in [0.1, 0.15) is 4.83 Å². The van der Waals surface area contributed by atoms with E-state index in [0.717, 1.165) is 55.2 Å². The molecule has 0 saturated heterocycles. The van der Waals surface area contributed by atoms with E-state index in [1.165, 1.54) is 33.3 Å². The molecule has 0 saturated carbocycles. The molecule has 0 spiro atoms. The van der Waals surface area contributed by atoms with E-state index < -0.39 is 0 Å². The minimum absolute atomic E-state index is 0.0156. The molecule has 34 heavy (non-hydrogen) atoms. The molecule has 2 atom stereocenters. The van der Waals surface area contributed by atoms with Gasteiger partial charge in [-0.2, -0.15) is 0 Å². The van der Waals surface area contributed by atoms with Crippen LogP contribution in [0.25, 0.3) is 10.2 Å². The van der Waals surface area contributed by atoms with Crippen LogP contribution in [0, 0.1) is 0 Å². The predicted molar refractivity (Wildman–Crippen MR) is 138 cm³/mol. The number of rotatable bonds is 8. The summed E-state index contributed by atoms with van der Waals surface area (Å²) in [4.78, 5) is 33.8. The first-order valence-corrected chi connectivity index (χ1v) is 13.8. The molecule has 0 bridgehead atoms. The number of amides is 1. The van der Waals surface area contributed by atoms with Crippen LogP contribution in [-0.2, 0) is 35.3 Å². The zero-order chi connectivity index (χ0) is 23.7. The quantitative estimate of drug-likeness (QED) is 0.278. The van der Waals surface area contributed by atoms with Crippen LogP contribution in [0.3, 0.4) is 0 Å². The molecule has 6 nitrogen and oxygen atoms in total. The number of nitrogens with one attached hydrogen (secondary N) is 1. The zero-order valence-electron chi connectivity index (χ0n) is 19.8. The van der Waals surface area contributed by atoms with Crippen LogP contribution in [0.1, 0.15) is 60.2 Å². The lowest BCUT2D eigenvalue weighted by atomic mass is 9.88. The minimum atomic E-state index is -0.362. The molecule has 0 fully saturated rings. The summed E-state index contributed by atoms with van der Waals surface area (Å²) in [5.74, 6) is -0.0156. The predicted octanol–water partition coefficient (Wildman–Crippen LogP) is 4.66. The number of thioether (sulfide) groups is 1. The van der Waals surface area contributed by atoms with Crippen LogP contribution in [0.4, 0.5) is 0 Å². The van der Waals surface area contributed by atoms with E-state index in [2.05, 4.69) is 23.5 Å². The maximum Gasteiger partial charge on any atom is 0.263 e. The van der Waals surface area contributed by atoms with E-state index in [0.29, 0.717) is 18.3 Å². The van der Waals surface area contributed by atoms with Gasteiger partial charge in [-0.15, -0.1) is 11.3 Å². The second kappa shape index (κ2) is 10.2. The summed E-state index contributed by atoms with van der Waals surface area (Å²) in [5.41, 5.74) is 3.76. The van der Waals surface area contributed by atoms with E-state index in [1.807, 2.05) is 13.0 Å². The molecule has 3 aromatic rings. The first-order chi connectivity index (χ1) is 16.6. The SMILES string of the molecule is COCCCn1c(S[C@H](C)C(=O)N[C@@H]2CCCc3ccccc32)nc2sc3c(c2c1=O)CCC3. The van der Waals surface area contributed by atoms with Gasteiger partial charge in [0.25, 0.3) is 5.56 Å². The lowest BCUT2D eigenvalue weighted by Gasteiger charge is -2.27. The molecule has 0 aliphatic heterocycles. The molecule has 1 N–H and O–H groups in total. The van der Waals surface area contributed by atoms with Crippen LogP contribution in [0.2, 0.25) is 0 Å². The van der Waals surface area contributed by atoms with E-state index in [4.69, 9.17) is 9.72 Å². The van der Waals surface area contributed by atoms with Crippen molar-refractivity contribution in [3.05, 3.63) is 56.2 Å². The summed E-state index contributed by atoms with van der Waals surface area (Å²) in [6.07, 6.45) is 6.91. The molecule has 2 aromatic heterocycles. The number of ether oxygens (including phenoxy) is 1. The maximum absolute atomic E-state index is 13.5. The van der Waals surface area contributed by atoms with Gasteiger partial charge in [0.2, 0.25) is 5.91 Å². The van der Waals surface area contributed by atoms with Gasteiger partial charge < -0.3 is 10.1 Å². The van der Waals surface area contributed by atoms with Gasteiger partial charge in [-0.25, -0.2) is 4.98 Å². The first-order valence-electron chi connectivity index (χ1n) is 12.2. The summed E-state index contributed by atoms with van der Waals surface area (Å²) in [6.45, 7) is 3.01. The Balaban J connectivity index is 1.39. The third-order valence-electron chi connectivity index (χ3n) is 6.86. The number of carbonyl (C=O) groups excluding carboxylic acids is 1. The third kappa shape index (κ3) is 4.55. The van der Waals surface area contributed by atoms with E-state index in [1.54, 1.807) is 23.0 Å². The highest BCUT2D eigenvalue weighted by Gasteiger charge is 2.27. The molecular weight excluding hydrogens is 466 g/mol. The van der Waals surface area contributed by atoms with Crippen LogP contribution in [-0.4, -0.2) is 34.4 Å². The van der Waals surface area contributed by atoms with Crippen molar-refractivity contribution in [2.24, 2.45) is 0 Å². The number of thiophene rings is 1. The fourth-order valence-electron chi connectivity index (χ4n) is 5.12. The highest BCUT2D eigenvalue weighted by molar-refractivity contribution is 8.00. The second-order valence-corrected chi connectivity index (χ2v) is 11.5. The normalized spacial score (nSPS) is 18.0. The number of aromatic nitrogens is 2. The Hall–Kier alpha value is -2.16. The average molecular weight is 498 g/mol. The highest BCUT2D eigenvalue weighted by Crippen LogP contribution is 2.36. The number of carbonyl (C=O) groups is 1. The zero-order valence-corrected chi connectivity index (χ0v) is 21.4. The number of methoxy groups -OCH3 is 1. The number of hydrogen-bond acceptors (Lipinski definition) is 6. The highest BCUT2D eigenvalue weighted by atomic mass is 32.2. The Morgan fingerprint density at radius 1 is 1.29 bits per heavy atom. The number of benzene rings is 1. The molecule has 2 aliphatic rings. The van der Waals surface area contributed by atoms with Crippen LogP contribution in [0.5, 0.6) is 0 Å². The number of nitrogens with zero attached hydrogens (tertiary/aromatic N) is 2. The maximum atomic E-state index is 13.5. The Labute approximate surface area is 208 Å². The van der Waals surface area contributed by atoms with Gasteiger partial charge in [-0.1, -0.05) is 36.0 Å². The monoisotopic (exact) mass is 497 g/mol. The largest absolute Gasteiger partial charge is 0.385 e. The molecule has 0 unspecified atom stereocenters. The van der Waals surface area contributed by atoms with Gasteiger partial charge in [-0.3, -0.25) is 14.2 Å². The first kappa shape index (κ1) is 23.6. The lowest BCUT2D eigenvalue weighted by molar-refractivity contribution is -0.121. The molecule has 8 heteroatoms. The van der Waals surface area contributed by atoms with Gasteiger partial charge in [0.05, 0.1) is 16.7 Å². The Morgan fingerprint density at radius 3 is 3.00 bits per heavy atom. The third-order valence-corrected chi connectivity index (χ3v) is 9.13. The van der Waals surface area contributed by atoms with Gasteiger partial charge in [-0.05, 0) is 68.6 Å². The molecule has 2 heterocycles. The number of aryl methyl sites for hydroxylation is 3. The van der Waals surface area contributed by atoms with Crippen molar-refractivity contribution < 1.29 is 9.53 Å². The van der Waals surface area contributed by atoms with Gasteiger partial charge >= 0.3 is 0 Å². The average Bonchev–Trinajstić information content (AvgIpc) is 3.42. The van der Waals surface area contributed by atoms with Crippen molar-refractivity contribution in [2.45, 2.75) is 74.9 Å². The second-order valence-electron chi connectivity index (χ2n) is 9.15. The van der Waals surface area contributed by atoms with E-state index >= 15 is 0 Å². The Bertz CT molecular complexity index is 1270. The molecule has 1 amide bonds. The summed E-state index contributed by atoms with van der Waals surface area (Å²) in [5, 5.41) is 4.31. The fraction of sp³-hybridized carbons (Fsp3) is 0.500. The van der Waals surface area contributed by atoms with Crippen molar-refractivity contribution in [3.8, 4) is 0 Å². The van der Waals surface area contributed by atoms with Crippen molar-refractivity contribution >= 4 is 39.2 Å². The Kier molecular flexibility index (Phi) is 7.09. The van der Waals surface area contributed by atoms with Gasteiger partial charge in [0.15, 0.2) is 5.16 Å². The topological polar surface area (TPSA) is 73.2 Å². The summed E-state index contributed by atoms with van der Waals surface area (Å²) < 4.78 is 6.98. The van der Waals surface area contributed by atoms with Crippen molar-refractivity contribution in [1.29, 1.82) is 0 Å². The molecule has 2 aliphatic carbocycles. The van der Waals surface area contributed by atoms with Crippen molar-refractivity contribution in [1.82, 2.24) is 14.9 Å². The summed E-state index contributed by atoms with van der Waals surface area (Å²) in [6, 6.07) is 8.42. The molecule has 5 rings (SSSR count). The molecule has 0 radical (unpaired) electrons. The molecule has 1 aromatic carbocycles. The molecule has 180 valence electrons. The fourth-order valence-corrected chi connectivity index (χ4v) is 7.36. The smallest absolute Gasteiger partial charge is 0.263 e. The number of fused-ring (bicyclic) bond motifs is 4. The van der Waals surface area contributed by atoms with Crippen LogP contribution < -0.4 is 10.9 Å². The Morgan fingerprint density at radius 2 is 2.15 bits per heavy atom. The van der Waals surface area contributed by atoms with Crippen molar-refractivity contribution in [3.63, 3.8) is 0 Å². The van der Waals surface area contributed by atoms with Crippen LogP contribution >= 0.6 is 23.1 Å². The molecular formula is C26H31N3O3S2. The summed E-state index contributed by atoms with van der Waals surface area (Å²) >= 11 is 3.03. The van der Waals surface area contributed by atoms with Crippen LogP contribution in [0.15, 0.2) is 34.2 Å². The van der Waals surface area contributed by atoms with Crippen molar-refractivity contribution in [2.75, 3.05) is 13.7 Å². The minimum Gasteiger partial charge on any atom is -0.385 e. The van der Waals surface area contributed by atoms with Gasteiger partial charge in [0, 0.05) is 25.1 Å². The standard InChI is InChI=1S/C26H31N3O3S2/c1-16(23(30)27-20-12-5-9-17-8-3-4-10-18(17)20)33-26-28-24-22(19-11-6-13-21(19)34-24)25(31)29(26)14-7-15-32-2/h3-4,8,10,16,20H,5-7,9,11-15H2,1-2H3,(H,27,30)/t16-,20-/m1/s1.